The minimum absolute atomic E-state index is 0.00440. The molecule has 0 bridgehead atoms. The summed E-state index contributed by atoms with van der Waals surface area (Å²) in [5.41, 5.74) is 1.41. The first-order valence-corrected chi connectivity index (χ1v) is 9.37. The maximum Gasteiger partial charge on any atom is 0.387 e. The minimum Gasteiger partial charge on any atom is -0.493 e. The Morgan fingerprint density at radius 3 is 2.69 bits per heavy atom. The molecule has 1 aliphatic rings. The number of aromatic amines is 1. The lowest BCUT2D eigenvalue weighted by Gasteiger charge is -2.22. The molecule has 0 radical (unpaired) electrons. The van der Waals surface area contributed by atoms with E-state index in [9.17, 15) is 13.6 Å². The van der Waals surface area contributed by atoms with Crippen molar-refractivity contribution >= 4 is 10.9 Å². The summed E-state index contributed by atoms with van der Waals surface area (Å²) in [5, 5.41) is 0.563. The highest BCUT2D eigenvalue weighted by Gasteiger charge is 2.30. The molecule has 6 nitrogen and oxygen atoms in total. The fraction of sp³-hybridized carbons (Fsp3) is 0.333. The molecular weight excluding hydrogens is 380 g/mol. The number of alkyl halides is 2. The van der Waals surface area contributed by atoms with Crippen molar-refractivity contribution in [2.45, 2.75) is 38.6 Å². The van der Waals surface area contributed by atoms with Gasteiger partial charge in [0.15, 0.2) is 11.5 Å². The highest BCUT2D eigenvalue weighted by atomic mass is 19.3. The van der Waals surface area contributed by atoms with E-state index in [-0.39, 0.29) is 17.1 Å². The molecule has 4 rings (SSSR count). The van der Waals surface area contributed by atoms with Gasteiger partial charge in [-0.25, -0.2) is 4.98 Å². The molecule has 1 heterocycles. The Labute approximate surface area is 166 Å². The molecule has 8 heteroatoms. The molecule has 29 heavy (non-hydrogen) atoms. The van der Waals surface area contributed by atoms with Gasteiger partial charge in [0.25, 0.3) is 5.56 Å². The molecule has 0 amide bonds. The van der Waals surface area contributed by atoms with E-state index in [4.69, 9.17) is 4.74 Å². The van der Waals surface area contributed by atoms with Gasteiger partial charge in [-0.15, -0.1) is 0 Å². The number of hydrogen-bond donors (Lipinski definition) is 1. The van der Waals surface area contributed by atoms with Crippen LogP contribution in [-0.2, 0) is 13.1 Å². The summed E-state index contributed by atoms with van der Waals surface area (Å²) in [6, 6.07) is 12.6. The molecule has 1 aromatic heterocycles. The fourth-order valence-corrected chi connectivity index (χ4v) is 3.39. The summed E-state index contributed by atoms with van der Waals surface area (Å²) in [6.45, 7) is -1.84. The summed E-state index contributed by atoms with van der Waals surface area (Å²) >= 11 is 0. The third-order valence-corrected chi connectivity index (χ3v) is 4.91. The van der Waals surface area contributed by atoms with Crippen LogP contribution in [0.3, 0.4) is 0 Å². The number of rotatable bonds is 8. The zero-order valence-electron chi connectivity index (χ0n) is 15.9. The smallest absolute Gasteiger partial charge is 0.387 e. The monoisotopic (exact) mass is 401 g/mol. The molecule has 1 fully saturated rings. The third-order valence-electron chi connectivity index (χ3n) is 4.91. The third kappa shape index (κ3) is 4.54. The number of nitrogens with zero attached hydrogens (tertiary/aromatic N) is 2. The van der Waals surface area contributed by atoms with Gasteiger partial charge in [0, 0.05) is 12.6 Å². The molecule has 0 spiro atoms. The number of para-hydroxylation sites is 1. The Bertz CT molecular complexity index is 1070. The first-order chi connectivity index (χ1) is 14.0. The number of nitrogens with one attached hydrogen (secondary N) is 1. The Hall–Kier alpha value is -3.00. The molecule has 0 unspecified atom stereocenters. The zero-order chi connectivity index (χ0) is 20.4. The second kappa shape index (κ2) is 8.16. The Balaban J connectivity index is 1.56. The van der Waals surface area contributed by atoms with Crippen molar-refractivity contribution in [2.75, 3.05) is 7.11 Å². The highest BCUT2D eigenvalue weighted by molar-refractivity contribution is 5.77. The average molecular weight is 401 g/mol. The number of hydrogen-bond acceptors (Lipinski definition) is 5. The number of methoxy groups -OCH3 is 1. The van der Waals surface area contributed by atoms with E-state index in [1.807, 2.05) is 18.2 Å². The first-order valence-electron chi connectivity index (χ1n) is 9.37. The van der Waals surface area contributed by atoms with Crippen LogP contribution in [0.2, 0.25) is 0 Å². The topological polar surface area (TPSA) is 67.5 Å². The van der Waals surface area contributed by atoms with Crippen molar-refractivity contribution in [3.8, 4) is 11.5 Å². The van der Waals surface area contributed by atoms with Crippen molar-refractivity contribution < 1.29 is 18.3 Å². The Kier molecular flexibility index (Phi) is 5.44. The predicted molar refractivity (Wildman–Crippen MR) is 104 cm³/mol. The fourth-order valence-electron chi connectivity index (χ4n) is 3.39. The second-order valence-corrected chi connectivity index (χ2v) is 7.03. The molecule has 0 atom stereocenters. The summed E-state index contributed by atoms with van der Waals surface area (Å²) in [7, 11) is 1.42. The van der Waals surface area contributed by atoms with Gasteiger partial charge in [-0.2, -0.15) is 8.78 Å². The van der Waals surface area contributed by atoms with E-state index in [1.165, 1.54) is 13.2 Å². The SMILES string of the molecule is COc1cc(CN(Cc2nc3ccccc3c(=O)[nH]2)C2CC2)ccc1OC(F)F. The molecule has 152 valence electrons. The highest BCUT2D eigenvalue weighted by Crippen LogP contribution is 2.33. The van der Waals surface area contributed by atoms with Gasteiger partial charge in [0.1, 0.15) is 5.82 Å². The van der Waals surface area contributed by atoms with Crippen LogP contribution < -0.4 is 15.0 Å². The van der Waals surface area contributed by atoms with Crippen LogP contribution in [0.25, 0.3) is 10.9 Å². The van der Waals surface area contributed by atoms with Gasteiger partial charge >= 0.3 is 6.61 Å². The lowest BCUT2D eigenvalue weighted by atomic mass is 10.2. The maximum absolute atomic E-state index is 12.5. The molecule has 1 N–H and O–H groups in total. The molecule has 2 aromatic carbocycles. The van der Waals surface area contributed by atoms with Crippen LogP contribution in [0.15, 0.2) is 47.3 Å². The number of halogens is 2. The van der Waals surface area contributed by atoms with Gasteiger partial charge in [-0.1, -0.05) is 18.2 Å². The van der Waals surface area contributed by atoms with Gasteiger partial charge in [0.05, 0.1) is 24.6 Å². The standard InChI is InChI=1S/C21H21F2N3O3/c1-28-18-10-13(6-9-17(18)29-21(22)23)11-26(14-7-8-14)12-19-24-16-5-3-2-4-15(16)20(27)25-19/h2-6,9-10,14,21H,7-8,11-12H2,1H3,(H,24,25,27). The van der Waals surface area contributed by atoms with E-state index in [0.29, 0.717) is 35.9 Å². The molecule has 0 aliphatic heterocycles. The Morgan fingerprint density at radius 2 is 1.97 bits per heavy atom. The Morgan fingerprint density at radius 1 is 1.17 bits per heavy atom. The van der Waals surface area contributed by atoms with Gasteiger partial charge in [0.2, 0.25) is 0 Å². The molecule has 1 aliphatic carbocycles. The van der Waals surface area contributed by atoms with E-state index in [2.05, 4.69) is 19.6 Å². The van der Waals surface area contributed by atoms with E-state index in [0.717, 1.165) is 18.4 Å². The van der Waals surface area contributed by atoms with Crippen molar-refractivity contribution in [1.82, 2.24) is 14.9 Å². The summed E-state index contributed by atoms with van der Waals surface area (Å²) < 4.78 is 34.7. The summed E-state index contributed by atoms with van der Waals surface area (Å²) in [5.74, 6) is 0.866. The van der Waals surface area contributed by atoms with Gasteiger partial charge < -0.3 is 14.5 Å². The van der Waals surface area contributed by atoms with Crippen molar-refractivity contribution in [3.05, 3.63) is 64.2 Å². The molecule has 1 saturated carbocycles. The van der Waals surface area contributed by atoms with Crippen molar-refractivity contribution in [3.63, 3.8) is 0 Å². The van der Waals surface area contributed by atoms with Crippen LogP contribution in [-0.4, -0.2) is 34.6 Å². The largest absolute Gasteiger partial charge is 0.493 e. The van der Waals surface area contributed by atoms with E-state index >= 15 is 0 Å². The molecular formula is C21H21F2N3O3. The second-order valence-electron chi connectivity index (χ2n) is 7.03. The number of ether oxygens (including phenoxy) is 2. The number of aromatic nitrogens is 2. The zero-order valence-corrected chi connectivity index (χ0v) is 15.9. The van der Waals surface area contributed by atoms with E-state index < -0.39 is 6.61 Å². The summed E-state index contributed by atoms with van der Waals surface area (Å²) in [4.78, 5) is 22.0. The van der Waals surface area contributed by atoms with Crippen LogP contribution in [0.5, 0.6) is 11.5 Å². The quantitative estimate of drug-likeness (QED) is 0.624. The molecule has 0 saturated heterocycles. The first kappa shape index (κ1) is 19.3. The number of benzene rings is 2. The van der Waals surface area contributed by atoms with Crippen LogP contribution in [0.4, 0.5) is 8.78 Å². The number of H-pyrrole nitrogens is 1. The van der Waals surface area contributed by atoms with Crippen LogP contribution in [0, 0.1) is 0 Å². The van der Waals surface area contributed by atoms with Gasteiger partial charge in [-0.3, -0.25) is 9.69 Å². The van der Waals surface area contributed by atoms with Crippen molar-refractivity contribution in [2.24, 2.45) is 0 Å². The minimum atomic E-state index is -2.91. The maximum atomic E-state index is 12.5. The van der Waals surface area contributed by atoms with Crippen LogP contribution >= 0.6 is 0 Å². The molecule has 3 aromatic rings. The van der Waals surface area contributed by atoms with E-state index in [1.54, 1.807) is 18.2 Å². The normalized spacial score (nSPS) is 14.0. The number of fused-ring (bicyclic) bond motifs is 1. The average Bonchev–Trinajstić information content (AvgIpc) is 3.53. The lowest BCUT2D eigenvalue weighted by molar-refractivity contribution is -0.0512. The van der Waals surface area contributed by atoms with Crippen molar-refractivity contribution in [1.29, 1.82) is 0 Å². The van der Waals surface area contributed by atoms with Gasteiger partial charge in [-0.05, 0) is 42.7 Å². The predicted octanol–water partition coefficient (Wildman–Crippen LogP) is 3.70. The summed E-state index contributed by atoms with van der Waals surface area (Å²) in [6.07, 6.45) is 2.14. The lowest BCUT2D eigenvalue weighted by Crippen LogP contribution is -2.27. The van der Waals surface area contributed by atoms with Crippen LogP contribution in [0.1, 0.15) is 24.2 Å².